The number of nitrogens with zero attached hydrogens (tertiary/aromatic N) is 2. The maximum atomic E-state index is 6.20. The van der Waals surface area contributed by atoms with Gasteiger partial charge < -0.3 is 0 Å². The minimum atomic E-state index is 0.253. The Bertz CT molecular complexity index is 380. The van der Waals surface area contributed by atoms with Gasteiger partial charge in [-0.3, -0.25) is 0 Å². The summed E-state index contributed by atoms with van der Waals surface area (Å²) in [5.41, 5.74) is 0.859. The Hall–Kier alpha value is 0.01000. The molecule has 5 heteroatoms. The lowest BCUT2D eigenvalue weighted by Gasteiger charge is -2.21. The Morgan fingerprint density at radius 1 is 1.18 bits per heavy atom. The molecule has 0 saturated carbocycles. The molecule has 1 atom stereocenters. The summed E-state index contributed by atoms with van der Waals surface area (Å²) in [6.45, 7) is 4.09. The van der Waals surface area contributed by atoms with Crippen LogP contribution in [0.15, 0.2) is 0 Å². The van der Waals surface area contributed by atoms with Gasteiger partial charge in [0.05, 0.1) is 5.25 Å². The summed E-state index contributed by atoms with van der Waals surface area (Å²) >= 11 is 14.3. The predicted molar refractivity (Wildman–Crippen MR) is 75.2 cm³/mol. The lowest BCUT2D eigenvalue weighted by atomic mass is 10.1. The molecule has 0 aromatic carbocycles. The zero-order valence-corrected chi connectivity index (χ0v) is 12.4. The van der Waals surface area contributed by atoms with Crippen LogP contribution in [0.3, 0.4) is 0 Å². The number of thioether (sulfide) groups is 1. The number of halogens is 2. The Labute approximate surface area is 117 Å². The summed E-state index contributed by atoms with van der Waals surface area (Å²) in [4.78, 5) is 8.86. The standard InChI is InChI=1S/C12H16Cl2N2S/c1-7(2)9-10(13)15-12(16-11(9)14)8-5-3-4-6-17-8/h7-8H,3-6H2,1-2H3. The van der Waals surface area contributed by atoms with Crippen LogP contribution in [0.25, 0.3) is 0 Å². The van der Waals surface area contributed by atoms with Crippen LogP contribution < -0.4 is 0 Å². The molecule has 1 fully saturated rings. The lowest BCUT2D eigenvalue weighted by molar-refractivity contribution is 0.659. The average molecular weight is 291 g/mol. The minimum absolute atomic E-state index is 0.253. The Morgan fingerprint density at radius 2 is 1.82 bits per heavy atom. The Kier molecular flexibility index (Phi) is 4.56. The molecule has 1 aromatic rings. The van der Waals surface area contributed by atoms with Crippen molar-refractivity contribution >= 4 is 35.0 Å². The number of rotatable bonds is 2. The third-order valence-corrected chi connectivity index (χ3v) is 4.86. The van der Waals surface area contributed by atoms with Crippen LogP contribution in [-0.2, 0) is 0 Å². The molecule has 17 heavy (non-hydrogen) atoms. The molecule has 2 nitrogen and oxygen atoms in total. The van der Waals surface area contributed by atoms with E-state index in [0.717, 1.165) is 17.8 Å². The fourth-order valence-electron chi connectivity index (χ4n) is 2.00. The molecule has 0 spiro atoms. The highest BCUT2D eigenvalue weighted by Crippen LogP contribution is 2.38. The summed E-state index contributed by atoms with van der Waals surface area (Å²) in [6, 6.07) is 0. The molecule has 2 rings (SSSR count). The highest BCUT2D eigenvalue weighted by atomic mass is 35.5. The molecule has 1 aliphatic heterocycles. The van der Waals surface area contributed by atoms with E-state index in [4.69, 9.17) is 23.2 Å². The Morgan fingerprint density at radius 3 is 2.29 bits per heavy atom. The van der Waals surface area contributed by atoms with Gasteiger partial charge in [0.2, 0.25) is 0 Å². The van der Waals surface area contributed by atoms with E-state index >= 15 is 0 Å². The molecule has 2 heterocycles. The molecule has 0 aliphatic carbocycles. The summed E-state index contributed by atoms with van der Waals surface area (Å²) in [5, 5.41) is 1.39. The van der Waals surface area contributed by atoms with E-state index in [1.165, 1.54) is 18.6 Å². The van der Waals surface area contributed by atoms with E-state index in [2.05, 4.69) is 9.97 Å². The van der Waals surface area contributed by atoms with Gasteiger partial charge >= 0.3 is 0 Å². The monoisotopic (exact) mass is 290 g/mol. The Balaban J connectivity index is 2.31. The lowest BCUT2D eigenvalue weighted by Crippen LogP contribution is -2.09. The van der Waals surface area contributed by atoms with Gasteiger partial charge in [0.25, 0.3) is 0 Å². The summed E-state index contributed by atoms with van der Waals surface area (Å²) in [5.74, 6) is 2.23. The SMILES string of the molecule is CC(C)c1c(Cl)nc(C2CCCCS2)nc1Cl. The van der Waals surface area contributed by atoms with E-state index in [1.54, 1.807) is 0 Å². The number of hydrogen-bond acceptors (Lipinski definition) is 3. The van der Waals surface area contributed by atoms with E-state index < -0.39 is 0 Å². The fraction of sp³-hybridized carbons (Fsp3) is 0.667. The largest absolute Gasteiger partial charge is 0.220 e. The van der Waals surface area contributed by atoms with Crippen molar-refractivity contribution in [2.75, 3.05) is 5.75 Å². The molecular weight excluding hydrogens is 275 g/mol. The molecule has 1 saturated heterocycles. The first kappa shape index (κ1) is 13.4. The topological polar surface area (TPSA) is 25.8 Å². The molecule has 0 radical (unpaired) electrons. The first-order chi connectivity index (χ1) is 8.09. The molecule has 1 unspecified atom stereocenters. The molecule has 0 bridgehead atoms. The van der Waals surface area contributed by atoms with Gasteiger partial charge in [-0.05, 0) is 24.5 Å². The zero-order valence-electron chi connectivity index (χ0n) is 10.0. The summed E-state index contributed by atoms with van der Waals surface area (Å²) in [7, 11) is 0. The van der Waals surface area contributed by atoms with Crippen molar-refractivity contribution in [1.82, 2.24) is 9.97 Å². The highest BCUT2D eigenvalue weighted by molar-refractivity contribution is 7.99. The van der Waals surface area contributed by atoms with Crippen LogP contribution in [0, 0.1) is 0 Å². The van der Waals surface area contributed by atoms with Gasteiger partial charge in [0.1, 0.15) is 16.1 Å². The maximum Gasteiger partial charge on any atom is 0.144 e. The van der Waals surface area contributed by atoms with Crippen molar-refractivity contribution in [2.24, 2.45) is 0 Å². The quantitative estimate of drug-likeness (QED) is 0.727. The van der Waals surface area contributed by atoms with Gasteiger partial charge in [-0.25, -0.2) is 9.97 Å². The smallest absolute Gasteiger partial charge is 0.144 e. The normalized spacial score (nSPS) is 20.9. The zero-order chi connectivity index (χ0) is 12.4. The number of hydrogen-bond donors (Lipinski definition) is 0. The third-order valence-electron chi connectivity index (χ3n) is 2.91. The van der Waals surface area contributed by atoms with Crippen LogP contribution in [-0.4, -0.2) is 15.7 Å². The van der Waals surface area contributed by atoms with Crippen LogP contribution >= 0.6 is 35.0 Å². The van der Waals surface area contributed by atoms with Crippen LogP contribution in [0.1, 0.15) is 55.7 Å². The van der Waals surface area contributed by atoms with Crippen molar-refractivity contribution in [2.45, 2.75) is 44.3 Å². The maximum absolute atomic E-state index is 6.20. The van der Waals surface area contributed by atoms with Crippen LogP contribution in [0.4, 0.5) is 0 Å². The van der Waals surface area contributed by atoms with E-state index in [9.17, 15) is 0 Å². The second-order valence-corrected chi connectivity index (χ2v) is 6.61. The summed E-state index contributed by atoms with van der Waals surface area (Å²) < 4.78 is 0. The first-order valence-electron chi connectivity index (χ1n) is 5.94. The van der Waals surface area contributed by atoms with Crippen molar-refractivity contribution in [3.63, 3.8) is 0 Å². The predicted octanol–water partition coefficient (Wildman–Crippen LogP) is 4.87. The molecule has 0 amide bonds. The molecule has 94 valence electrons. The van der Waals surface area contributed by atoms with E-state index in [-0.39, 0.29) is 5.92 Å². The molecule has 1 aromatic heterocycles. The average Bonchev–Trinajstić information content (AvgIpc) is 2.28. The molecule has 1 aliphatic rings. The van der Waals surface area contributed by atoms with Gasteiger partial charge in [-0.15, -0.1) is 0 Å². The van der Waals surface area contributed by atoms with Gasteiger partial charge in [-0.2, -0.15) is 11.8 Å². The second-order valence-electron chi connectivity index (χ2n) is 4.59. The van der Waals surface area contributed by atoms with Crippen molar-refractivity contribution < 1.29 is 0 Å². The fourth-order valence-corrected chi connectivity index (χ4v) is 4.08. The summed E-state index contributed by atoms with van der Waals surface area (Å²) in [6.07, 6.45) is 3.65. The molecule has 0 N–H and O–H groups in total. The van der Waals surface area contributed by atoms with E-state index in [1.807, 2.05) is 25.6 Å². The third kappa shape index (κ3) is 3.07. The highest BCUT2D eigenvalue weighted by Gasteiger charge is 2.22. The minimum Gasteiger partial charge on any atom is -0.220 e. The molecular formula is C12H16Cl2N2S. The van der Waals surface area contributed by atoms with Crippen LogP contribution in [0.5, 0.6) is 0 Å². The van der Waals surface area contributed by atoms with Crippen molar-refractivity contribution in [3.8, 4) is 0 Å². The van der Waals surface area contributed by atoms with Gasteiger partial charge in [-0.1, -0.05) is 43.5 Å². The van der Waals surface area contributed by atoms with Crippen LogP contribution in [0.2, 0.25) is 10.3 Å². The van der Waals surface area contributed by atoms with E-state index in [0.29, 0.717) is 15.6 Å². The first-order valence-corrected chi connectivity index (χ1v) is 7.74. The van der Waals surface area contributed by atoms with Crippen molar-refractivity contribution in [1.29, 1.82) is 0 Å². The van der Waals surface area contributed by atoms with Gasteiger partial charge in [0.15, 0.2) is 0 Å². The van der Waals surface area contributed by atoms with Gasteiger partial charge in [0, 0.05) is 5.56 Å². The van der Waals surface area contributed by atoms with Crippen molar-refractivity contribution in [3.05, 3.63) is 21.7 Å². The second kappa shape index (κ2) is 5.77. The number of aromatic nitrogens is 2.